The zero-order chi connectivity index (χ0) is 14.1. The van der Waals surface area contributed by atoms with Gasteiger partial charge >= 0.3 is 0 Å². The molecule has 0 aliphatic carbocycles. The Bertz CT molecular complexity index is 628. The summed E-state index contributed by atoms with van der Waals surface area (Å²) in [5.74, 6) is 0. The maximum absolute atomic E-state index is 11.7. The van der Waals surface area contributed by atoms with Crippen molar-refractivity contribution in [3.05, 3.63) is 40.1 Å². The van der Waals surface area contributed by atoms with E-state index in [1.807, 2.05) is 19.3 Å². The standard InChI is InChI=1S/C13H19N5O2/c1-16-12-9-17(6-3-11(12)13(20)15-16)7-10(19)8-18-5-2-4-14-18/h2,4-5,10,19H,3,6-9H2,1H3,(H,15,20). The molecule has 0 saturated carbocycles. The fraction of sp³-hybridized carbons (Fsp3) is 0.538. The number of β-amino-alcohol motifs (C(OH)–C–C–N with tert-alkyl or cyclic N) is 1. The lowest BCUT2D eigenvalue weighted by Crippen LogP contribution is -2.39. The third kappa shape index (κ3) is 2.54. The number of aryl methyl sites for hydroxylation is 1. The summed E-state index contributed by atoms with van der Waals surface area (Å²) in [4.78, 5) is 13.8. The van der Waals surface area contributed by atoms with Crippen LogP contribution in [0.4, 0.5) is 0 Å². The number of rotatable bonds is 4. The van der Waals surface area contributed by atoms with Gasteiger partial charge in [0.1, 0.15) is 0 Å². The zero-order valence-corrected chi connectivity index (χ0v) is 11.5. The molecular weight excluding hydrogens is 258 g/mol. The van der Waals surface area contributed by atoms with Crippen LogP contribution in [0.3, 0.4) is 0 Å². The highest BCUT2D eigenvalue weighted by atomic mass is 16.3. The van der Waals surface area contributed by atoms with Gasteiger partial charge in [0.25, 0.3) is 5.56 Å². The molecular formula is C13H19N5O2. The number of nitrogens with one attached hydrogen (secondary N) is 1. The number of fused-ring (bicyclic) bond motifs is 1. The van der Waals surface area contributed by atoms with Crippen LogP contribution in [-0.2, 0) is 26.6 Å². The third-order valence-electron chi connectivity index (χ3n) is 3.77. The van der Waals surface area contributed by atoms with Crippen molar-refractivity contribution in [2.75, 3.05) is 13.1 Å². The summed E-state index contributed by atoms with van der Waals surface area (Å²) >= 11 is 0. The first-order valence-corrected chi connectivity index (χ1v) is 6.78. The second-order valence-electron chi connectivity index (χ2n) is 5.29. The monoisotopic (exact) mass is 277 g/mol. The predicted molar refractivity (Wildman–Crippen MR) is 73.2 cm³/mol. The van der Waals surface area contributed by atoms with E-state index in [9.17, 15) is 9.90 Å². The first-order valence-electron chi connectivity index (χ1n) is 6.78. The first kappa shape index (κ1) is 13.1. The molecule has 7 heteroatoms. The van der Waals surface area contributed by atoms with Crippen molar-refractivity contribution in [2.24, 2.45) is 7.05 Å². The molecule has 20 heavy (non-hydrogen) atoms. The van der Waals surface area contributed by atoms with Crippen molar-refractivity contribution >= 4 is 0 Å². The highest BCUT2D eigenvalue weighted by Gasteiger charge is 2.23. The summed E-state index contributed by atoms with van der Waals surface area (Å²) < 4.78 is 3.51. The van der Waals surface area contributed by atoms with Crippen molar-refractivity contribution in [3.8, 4) is 0 Å². The van der Waals surface area contributed by atoms with E-state index < -0.39 is 6.10 Å². The van der Waals surface area contributed by atoms with Gasteiger partial charge in [-0.05, 0) is 12.5 Å². The number of aromatic amines is 1. The number of aromatic nitrogens is 4. The molecule has 0 aromatic carbocycles. The molecule has 1 unspecified atom stereocenters. The van der Waals surface area contributed by atoms with Gasteiger partial charge in [0.15, 0.2) is 0 Å². The van der Waals surface area contributed by atoms with Crippen LogP contribution >= 0.6 is 0 Å². The zero-order valence-electron chi connectivity index (χ0n) is 11.5. The van der Waals surface area contributed by atoms with E-state index in [1.165, 1.54) is 0 Å². The van der Waals surface area contributed by atoms with E-state index in [1.54, 1.807) is 15.6 Å². The molecule has 1 atom stereocenters. The predicted octanol–water partition coefficient (Wildman–Crippen LogP) is -0.671. The Morgan fingerprint density at radius 2 is 2.35 bits per heavy atom. The van der Waals surface area contributed by atoms with Crippen molar-refractivity contribution in [1.29, 1.82) is 0 Å². The largest absolute Gasteiger partial charge is 0.390 e. The van der Waals surface area contributed by atoms with Gasteiger partial charge in [0.2, 0.25) is 0 Å². The molecule has 2 aromatic heterocycles. The fourth-order valence-electron chi connectivity index (χ4n) is 2.78. The summed E-state index contributed by atoms with van der Waals surface area (Å²) in [6.45, 7) is 2.57. The number of H-pyrrole nitrogens is 1. The fourth-order valence-corrected chi connectivity index (χ4v) is 2.78. The lowest BCUT2D eigenvalue weighted by molar-refractivity contribution is 0.0876. The van der Waals surface area contributed by atoms with Crippen molar-refractivity contribution in [2.45, 2.75) is 25.6 Å². The van der Waals surface area contributed by atoms with Gasteiger partial charge in [0.05, 0.1) is 18.3 Å². The van der Waals surface area contributed by atoms with E-state index in [2.05, 4.69) is 15.1 Å². The molecule has 108 valence electrons. The van der Waals surface area contributed by atoms with Crippen LogP contribution in [0.5, 0.6) is 0 Å². The Kier molecular flexibility index (Phi) is 3.45. The number of aliphatic hydroxyl groups is 1. The SMILES string of the molecule is Cn1[nH]c(=O)c2c1CN(CC(O)Cn1cccn1)CC2. The topological polar surface area (TPSA) is 79.1 Å². The second kappa shape index (κ2) is 5.26. The molecule has 1 aliphatic rings. The number of aliphatic hydroxyl groups excluding tert-OH is 1. The molecule has 0 amide bonds. The van der Waals surface area contributed by atoms with Crippen LogP contribution < -0.4 is 5.56 Å². The molecule has 7 nitrogen and oxygen atoms in total. The minimum absolute atomic E-state index is 0.0132. The lowest BCUT2D eigenvalue weighted by Gasteiger charge is -2.28. The summed E-state index contributed by atoms with van der Waals surface area (Å²) in [7, 11) is 1.85. The van der Waals surface area contributed by atoms with E-state index in [0.29, 0.717) is 19.6 Å². The van der Waals surface area contributed by atoms with Crippen LogP contribution in [0.25, 0.3) is 0 Å². The molecule has 0 fully saturated rings. The average molecular weight is 277 g/mol. The molecule has 0 saturated heterocycles. The van der Waals surface area contributed by atoms with E-state index in [0.717, 1.165) is 24.2 Å². The van der Waals surface area contributed by atoms with E-state index in [-0.39, 0.29) is 5.56 Å². The molecule has 3 heterocycles. The quantitative estimate of drug-likeness (QED) is 0.777. The second-order valence-corrected chi connectivity index (χ2v) is 5.29. The smallest absolute Gasteiger partial charge is 0.267 e. The third-order valence-corrected chi connectivity index (χ3v) is 3.77. The molecule has 1 aliphatic heterocycles. The van der Waals surface area contributed by atoms with Gasteiger partial charge in [-0.1, -0.05) is 0 Å². The van der Waals surface area contributed by atoms with Gasteiger partial charge in [-0.2, -0.15) is 5.10 Å². The van der Waals surface area contributed by atoms with Crippen LogP contribution in [0.1, 0.15) is 11.3 Å². The normalized spacial score (nSPS) is 17.1. The number of nitrogens with zero attached hydrogens (tertiary/aromatic N) is 4. The summed E-state index contributed by atoms with van der Waals surface area (Å²) in [6, 6.07) is 1.84. The molecule has 0 bridgehead atoms. The van der Waals surface area contributed by atoms with E-state index in [4.69, 9.17) is 0 Å². The van der Waals surface area contributed by atoms with Crippen molar-refractivity contribution < 1.29 is 5.11 Å². The maximum atomic E-state index is 11.7. The summed E-state index contributed by atoms with van der Waals surface area (Å²) in [5, 5.41) is 17.0. The Hall–Kier alpha value is -1.86. The molecule has 2 aromatic rings. The van der Waals surface area contributed by atoms with Crippen LogP contribution in [0, 0.1) is 0 Å². The highest BCUT2D eigenvalue weighted by molar-refractivity contribution is 5.20. The van der Waals surface area contributed by atoms with Crippen LogP contribution in [0.15, 0.2) is 23.3 Å². The maximum Gasteiger partial charge on any atom is 0.267 e. The van der Waals surface area contributed by atoms with Crippen molar-refractivity contribution in [1.82, 2.24) is 24.5 Å². The minimum atomic E-state index is -0.465. The lowest BCUT2D eigenvalue weighted by atomic mass is 10.1. The van der Waals surface area contributed by atoms with E-state index >= 15 is 0 Å². The van der Waals surface area contributed by atoms with Gasteiger partial charge in [-0.3, -0.25) is 24.2 Å². The van der Waals surface area contributed by atoms with Crippen LogP contribution in [0.2, 0.25) is 0 Å². The Morgan fingerprint density at radius 3 is 3.10 bits per heavy atom. The Morgan fingerprint density at radius 1 is 1.50 bits per heavy atom. The highest BCUT2D eigenvalue weighted by Crippen LogP contribution is 2.15. The number of hydrogen-bond donors (Lipinski definition) is 2. The summed E-state index contributed by atoms with van der Waals surface area (Å²) in [5.41, 5.74) is 1.91. The van der Waals surface area contributed by atoms with Crippen LogP contribution in [-0.4, -0.2) is 48.8 Å². The van der Waals surface area contributed by atoms with Gasteiger partial charge in [-0.15, -0.1) is 0 Å². The Labute approximate surface area is 116 Å². The summed E-state index contributed by atoms with van der Waals surface area (Å²) in [6.07, 6.45) is 3.82. The number of hydrogen-bond acceptors (Lipinski definition) is 4. The van der Waals surface area contributed by atoms with Crippen molar-refractivity contribution in [3.63, 3.8) is 0 Å². The molecule has 0 radical (unpaired) electrons. The minimum Gasteiger partial charge on any atom is -0.390 e. The van der Waals surface area contributed by atoms with Gasteiger partial charge in [-0.25, -0.2) is 0 Å². The van der Waals surface area contributed by atoms with Gasteiger partial charge in [0, 0.05) is 44.6 Å². The first-order chi connectivity index (χ1) is 9.63. The molecule has 3 rings (SSSR count). The molecule has 2 N–H and O–H groups in total. The van der Waals surface area contributed by atoms with Gasteiger partial charge < -0.3 is 5.11 Å². The average Bonchev–Trinajstić information content (AvgIpc) is 2.99. The molecule has 0 spiro atoms. The Balaban J connectivity index is 1.62.